The predicted molar refractivity (Wildman–Crippen MR) is 113 cm³/mol. The van der Waals surface area contributed by atoms with Crippen LogP contribution in [-0.2, 0) is 14.8 Å². The Hall–Kier alpha value is -3.07. The van der Waals surface area contributed by atoms with Crippen molar-refractivity contribution in [3.05, 3.63) is 59.7 Å². The fraction of sp³-hybridized carbons (Fsp3) is 0.333. The maximum Gasteiger partial charge on any atom is 0.411 e. The van der Waals surface area contributed by atoms with Gasteiger partial charge in [0.1, 0.15) is 0 Å². The van der Waals surface area contributed by atoms with Crippen LogP contribution in [0.5, 0.6) is 0 Å². The molecule has 3 amide bonds. The zero-order chi connectivity index (χ0) is 21.9. The molecule has 0 radical (unpaired) electrons. The molecule has 0 bridgehead atoms. The molecule has 1 aliphatic heterocycles. The molecule has 1 saturated heterocycles. The van der Waals surface area contributed by atoms with Crippen molar-refractivity contribution in [3.63, 3.8) is 0 Å². The number of carbonyl (C=O) groups excluding carboxylic acids is 2. The number of nitrogens with zero attached hydrogens (tertiary/aromatic N) is 1. The highest BCUT2D eigenvalue weighted by molar-refractivity contribution is 7.89. The van der Waals surface area contributed by atoms with Gasteiger partial charge in [-0.2, -0.15) is 0 Å². The van der Waals surface area contributed by atoms with Crippen molar-refractivity contribution in [2.75, 3.05) is 18.5 Å². The Morgan fingerprint density at radius 3 is 2.57 bits per heavy atom. The molecule has 3 rings (SSSR count). The SMILES string of the molecule is Cc1cc(S(=O)(=O)N2C[C@H](c3ccccc3)NC2=O)ccc1NC(=O)OCC(C)C. The zero-order valence-electron chi connectivity index (χ0n) is 17.1. The normalized spacial score (nSPS) is 16.5. The molecule has 1 heterocycles. The van der Waals surface area contributed by atoms with Gasteiger partial charge >= 0.3 is 12.1 Å². The number of aryl methyl sites for hydroxylation is 1. The van der Waals surface area contributed by atoms with Gasteiger partial charge in [-0.1, -0.05) is 44.2 Å². The summed E-state index contributed by atoms with van der Waals surface area (Å²) in [5, 5.41) is 5.31. The lowest BCUT2D eigenvalue weighted by molar-refractivity contribution is 0.147. The molecule has 8 nitrogen and oxygen atoms in total. The van der Waals surface area contributed by atoms with Gasteiger partial charge in [0.2, 0.25) is 0 Å². The average molecular weight is 432 g/mol. The van der Waals surface area contributed by atoms with Crippen molar-refractivity contribution in [3.8, 4) is 0 Å². The number of nitrogens with one attached hydrogen (secondary N) is 2. The predicted octanol–water partition coefficient (Wildman–Crippen LogP) is 3.65. The van der Waals surface area contributed by atoms with E-state index in [-0.39, 0.29) is 24.0 Å². The fourth-order valence-electron chi connectivity index (χ4n) is 3.05. The number of hydrogen-bond donors (Lipinski definition) is 2. The zero-order valence-corrected chi connectivity index (χ0v) is 17.9. The van der Waals surface area contributed by atoms with Gasteiger partial charge in [-0.15, -0.1) is 0 Å². The van der Waals surface area contributed by atoms with E-state index in [1.807, 2.05) is 44.2 Å². The van der Waals surface area contributed by atoms with Crippen molar-refractivity contribution in [2.45, 2.75) is 31.7 Å². The number of hydrogen-bond acceptors (Lipinski definition) is 5. The maximum atomic E-state index is 13.0. The molecule has 0 aromatic heterocycles. The first-order valence-electron chi connectivity index (χ1n) is 9.61. The molecule has 160 valence electrons. The van der Waals surface area contributed by atoms with Gasteiger partial charge in [-0.25, -0.2) is 22.3 Å². The summed E-state index contributed by atoms with van der Waals surface area (Å²) >= 11 is 0. The van der Waals surface area contributed by atoms with Gasteiger partial charge in [-0.05, 0) is 42.2 Å². The Bertz CT molecular complexity index is 1040. The Morgan fingerprint density at radius 2 is 1.93 bits per heavy atom. The molecular formula is C21H25N3O5S. The van der Waals surface area contributed by atoms with Crippen molar-refractivity contribution in [2.24, 2.45) is 5.92 Å². The third-order valence-corrected chi connectivity index (χ3v) is 6.39. The van der Waals surface area contributed by atoms with Crippen LogP contribution in [0.3, 0.4) is 0 Å². The first-order valence-corrected chi connectivity index (χ1v) is 11.0. The molecule has 2 aromatic rings. The summed E-state index contributed by atoms with van der Waals surface area (Å²) in [6, 6.07) is 12.4. The standard InChI is InChI=1S/C21H25N3O5S/c1-14(2)13-29-21(26)23-18-10-9-17(11-15(18)3)30(27,28)24-12-19(22-20(24)25)16-7-5-4-6-8-16/h4-11,14,19H,12-13H2,1-3H3,(H,22,25)(H,23,26)/t19-/m1/s1. The third kappa shape index (κ3) is 4.73. The summed E-state index contributed by atoms with van der Waals surface area (Å²) in [5.74, 6) is 0.204. The lowest BCUT2D eigenvalue weighted by atomic mass is 10.1. The first kappa shape index (κ1) is 21.6. The topological polar surface area (TPSA) is 105 Å². The number of ether oxygens (including phenoxy) is 1. The van der Waals surface area contributed by atoms with Gasteiger partial charge in [0, 0.05) is 5.69 Å². The van der Waals surface area contributed by atoms with E-state index >= 15 is 0 Å². The Morgan fingerprint density at radius 1 is 1.23 bits per heavy atom. The highest BCUT2D eigenvalue weighted by Crippen LogP contribution is 2.28. The number of anilines is 1. The van der Waals surface area contributed by atoms with Crippen LogP contribution in [0, 0.1) is 12.8 Å². The largest absolute Gasteiger partial charge is 0.449 e. The van der Waals surface area contributed by atoms with Crippen LogP contribution in [0.2, 0.25) is 0 Å². The molecule has 1 atom stereocenters. The molecule has 30 heavy (non-hydrogen) atoms. The highest BCUT2D eigenvalue weighted by atomic mass is 32.2. The maximum absolute atomic E-state index is 13.0. The molecular weight excluding hydrogens is 406 g/mol. The number of benzene rings is 2. The molecule has 9 heteroatoms. The highest BCUT2D eigenvalue weighted by Gasteiger charge is 2.38. The minimum Gasteiger partial charge on any atom is -0.449 e. The second-order valence-corrected chi connectivity index (χ2v) is 9.41. The Balaban J connectivity index is 1.75. The first-order chi connectivity index (χ1) is 14.2. The summed E-state index contributed by atoms with van der Waals surface area (Å²) in [4.78, 5) is 24.2. The monoisotopic (exact) mass is 431 g/mol. The number of amides is 3. The van der Waals surface area contributed by atoms with Crippen molar-refractivity contribution < 1.29 is 22.7 Å². The van der Waals surface area contributed by atoms with Crippen LogP contribution < -0.4 is 10.6 Å². The minimum atomic E-state index is -4.04. The van der Waals surface area contributed by atoms with Gasteiger partial charge in [0.05, 0.1) is 24.1 Å². The van der Waals surface area contributed by atoms with E-state index in [1.54, 1.807) is 6.92 Å². The third-order valence-electron chi connectivity index (χ3n) is 4.64. The number of carbonyl (C=O) groups is 2. The molecule has 0 saturated carbocycles. The summed E-state index contributed by atoms with van der Waals surface area (Å²) in [6.07, 6.45) is -0.605. The van der Waals surface area contributed by atoms with E-state index in [2.05, 4.69) is 10.6 Å². The molecule has 0 aliphatic carbocycles. The molecule has 2 N–H and O–H groups in total. The van der Waals surface area contributed by atoms with Gasteiger partial charge in [-0.3, -0.25) is 5.32 Å². The average Bonchev–Trinajstić information content (AvgIpc) is 3.11. The van der Waals surface area contributed by atoms with Gasteiger partial charge in [0.15, 0.2) is 0 Å². The van der Waals surface area contributed by atoms with E-state index in [0.717, 1.165) is 9.87 Å². The van der Waals surface area contributed by atoms with E-state index in [1.165, 1.54) is 18.2 Å². The number of sulfonamides is 1. The number of rotatable bonds is 6. The molecule has 0 unspecified atom stereocenters. The fourth-order valence-corrected chi connectivity index (χ4v) is 4.49. The van der Waals surface area contributed by atoms with E-state index in [9.17, 15) is 18.0 Å². The van der Waals surface area contributed by atoms with Crippen molar-refractivity contribution in [1.29, 1.82) is 0 Å². The molecule has 1 fully saturated rings. The summed E-state index contributed by atoms with van der Waals surface area (Å²) in [6.45, 7) is 5.81. The molecule has 2 aromatic carbocycles. The molecule has 1 aliphatic rings. The van der Waals surface area contributed by atoms with Crippen molar-refractivity contribution in [1.82, 2.24) is 9.62 Å². The van der Waals surface area contributed by atoms with Gasteiger partial charge < -0.3 is 10.1 Å². The lowest BCUT2D eigenvalue weighted by Crippen LogP contribution is -2.34. The lowest BCUT2D eigenvalue weighted by Gasteiger charge is -2.17. The van der Waals surface area contributed by atoms with E-state index in [0.29, 0.717) is 11.3 Å². The van der Waals surface area contributed by atoms with Crippen LogP contribution in [0.15, 0.2) is 53.4 Å². The van der Waals surface area contributed by atoms with Crippen LogP contribution in [0.4, 0.5) is 15.3 Å². The summed E-state index contributed by atoms with van der Waals surface area (Å²) in [5.41, 5.74) is 1.81. The molecule has 0 spiro atoms. The second-order valence-electron chi connectivity index (χ2n) is 7.54. The second kappa shape index (κ2) is 8.74. The minimum absolute atomic E-state index is 0.00571. The van der Waals surface area contributed by atoms with Crippen LogP contribution in [-0.4, -0.2) is 38.0 Å². The Kier molecular flexibility index (Phi) is 6.31. The van der Waals surface area contributed by atoms with Crippen LogP contribution >= 0.6 is 0 Å². The van der Waals surface area contributed by atoms with E-state index in [4.69, 9.17) is 4.74 Å². The summed E-state index contributed by atoms with van der Waals surface area (Å²) in [7, 11) is -4.04. The summed E-state index contributed by atoms with van der Waals surface area (Å²) < 4.78 is 32.0. The van der Waals surface area contributed by atoms with Crippen molar-refractivity contribution >= 4 is 27.8 Å². The smallest absolute Gasteiger partial charge is 0.411 e. The number of urea groups is 1. The quantitative estimate of drug-likeness (QED) is 0.726. The van der Waals surface area contributed by atoms with Gasteiger partial charge in [0.25, 0.3) is 10.0 Å². The Labute approximate surface area is 176 Å². The van der Waals surface area contributed by atoms with Crippen LogP contribution in [0.25, 0.3) is 0 Å². The van der Waals surface area contributed by atoms with Crippen LogP contribution in [0.1, 0.15) is 31.0 Å². The van der Waals surface area contributed by atoms with E-state index < -0.39 is 28.2 Å².